The van der Waals surface area contributed by atoms with Crippen LogP contribution in [0.2, 0.25) is 0 Å². The maximum atomic E-state index is 7.40. The van der Waals surface area contributed by atoms with Gasteiger partial charge in [-0.05, 0) is 161 Å². The molecule has 7 aliphatic rings. The van der Waals surface area contributed by atoms with E-state index in [2.05, 4.69) is 13.0 Å². The summed E-state index contributed by atoms with van der Waals surface area (Å²) in [6.45, 7) is 2.40. The second kappa shape index (κ2) is 16.5. The van der Waals surface area contributed by atoms with Crippen LogP contribution in [0.3, 0.4) is 0 Å². The van der Waals surface area contributed by atoms with E-state index in [-0.39, 0.29) is 0 Å². The fraction of sp³-hybridized carbons (Fsp3) is 0.911. The first-order valence-corrected chi connectivity index (χ1v) is 22.1. The third-order valence-corrected chi connectivity index (χ3v) is 15.9. The van der Waals surface area contributed by atoms with Crippen molar-refractivity contribution in [3.05, 3.63) is 22.9 Å². The van der Waals surface area contributed by atoms with Crippen LogP contribution in [0.5, 0.6) is 0 Å². The van der Waals surface area contributed by atoms with Gasteiger partial charge in [0.2, 0.25) is 0 Å². The molecule has 0 radical (unpaired) electrons. The Hall–Kier alpha value is -0.760. The summed E-state index contributed by atoms with van der Waals surface area (Å²) in [4.78, 5) is 0. The highest BCUT2D eigenvalue weighted by molar-refractivity contribution is 5.32. The van der Waals surface area contributed by atoms with Crippen LogP contribution in [0.4, 0.5) is 0 Å². The lowest BCUT2D eigenvalue weighted by molar-refractivity contribution is 0.125. The molecule has 0 aromatic heterocycles. The maximum absolute atomic E-state index is 7.40. The van der Waals surface area contributed by atoms with Gasteiger partial charge in [0, 0.05) is 17.7 Å². The molecule has 266 valence electrons. The van der Waals surface area contributed by atoms with Gasteiger partial charge >= 0.3 is 0 Å². The van der Waals surface area contributed by atoms with Gasteiger partial charge in [-0.1, -0.05) is 102 Å². The summed E-state index contributed by atoms with van der Waals surface area (Å²) in [5, 5.41) is 0. The van der Waals surface area contributed by atoms with Gasteiger partial charge in [-0.2, -0.15) is 0 Å². The first kappa shape index (κ1) is 34.7. The topological polar surface area (TPSA) is 52.0 Å². The normalized spacial score (nSPS) is 36.3. The zero-order chi connectivity index (χ0) is 32.2. The van der Waals surface area contributed by atoms with Gasteiger partial charge in [-0.3, -0.25) is 0 Å². The molecule has 5 saturated carbocycles. The van der Waals surface area contributed by atoms with Gasteiger partial charge in [0.1, 0.15) is 0 Å². The number of hydrogen-bond donors (Lipinski definition) is 2. The lowest BCUT2D eigenvalue weighted by Crippen LogP contribution is -2.43. The van der Waals surface area contributed by atoms with Crippen molar-refractivity contribution < 1.29 is 0 Å². The summed E-state index contributed by atoms with van der Waals surface area (Å²) in [6.07, 6.45) is 43.1. The Morgan fingerprint density at radius 1 is 0.723 bits per heavy atom. The first-order valence-electron chi connectivity index (χ1n) is 22.1. The van der Waals surface area contributed by atoms with Crippen LogP contribution in [-0.2, 0) is 0 Å². The minimum atomic E-state index is 0.457. The van der Waals surface area contributed by atoms with Crippen LogP contribution in [0, 0.1) is 65.1 Å². The fourth-order valence-corrected chi connectivity index (χ4v) is 13.2. The fourth-order valence-electron chi connectivity index (χ4n) is 13.2. The predicted octanol–water partition coefficient (Wildman–Crippen LogP) is 12.3. The van der Waals surface area contributed by atoms with E-state index >= 15 is 0 Å². The van der Waals surface area contributed by atoms with E-state index < -0.39 is 0 Å². The maximum Gasteiger partial charge on any atom is 0.0116 e. The van der Waals surface area contributed by atoms with Crippen LogP contribution < -0.4 is 11.5 Å². The minimum absolute atomic E-state index is 0.457. The lowest BCUT2D eigenvalue weighted by atomic mass is 9.55. The molecule has 0 amide bonds. The van der Waals surface area contributed by atoms with E-state index in [1.807, 2.05) is 5.57 Å². The first-order chi connectivity index (χ1) is 23.1. The van der Waals surface area contributed by atoms with Crippen molar-refractivity contribution in [2.45, 2.75) is 193 Å². The molecule has 47 heavy (non-hydrogen) atoms. The van der Waals surface area contributed by atoms with E-state index in [0.29, 0.717) is 12.0 Å². The number of unbranched alkanes of at least 4 members (excludes halogenated alkanes) is 1. The molecule has 2 heteroatoms. The zero-order valence-electron chi connectivity index (χ0n) is 31.0. The summed E-state index contributed by atoms with van der Waals surface area (Å²) < 4.78 is 0. The molecular formula is C45H76N2. The second-order valence-electron chi connectivity index (χ2n) is 18.8. The summed E-state index contributed by atoms with van der Waals surface area (Å²) in [5.74, 6) is 9.37. The van der Waals surface area contributed by atoms with Gasteiger partial charge in [0.05, 0.1) is 0 Å². The summed E-state index contributed by atoms with van der Waals surface area (Å²) in [6, 6.07) is 0.457. The largest absolute Gasteiger partial charge is 0.402 e. The molecule has 0 saturated heterocycles. The molecule has 2 nitrogen and oxygen atoms in total. The monoisotopic (exact) mass is 645 g/mol. The van der Waals surface area contributed by atoms with Gasteiger partial charge in [0.25, 0.3) is 0 Å². The number of fused-ring (bicyclic) bond motifs is 3. The Labute approximate surface area is 291 Å². The smallest absolute Gasteiger partial charge is 0.0116 e. The molecule has 4 N–H and O–H groups in total. The molecule has 7 rings (SSSR count). The van der Waals surface area contributed by atoms with E-state index in [1.54, 1.807) is 5.57 Å². The van der Waals surface area contributed by atoms with Crippen molar-refractivity contribution >= 4 is 0 Å². The van der Waals surface area contributed by atoms with Crippen molar-refractivity contribution in [3.8, 4) is 0 Å². The molecule has 0 aliphatic heterocycles. The molecular weight excluding hydrogens is 569 g/mol. The Balaban J connectivity index is 1.04. The van der Waals surface area contributed by atoms with Crippen LogP contribution in [-0.4, -0.2) is 6.04 Å². The number of hydrogen-bond acceptors (Lipinski definition) is 2. The molecule has 9 atom stereocenters. The Bertz CT molecular complexity index is 1040. The SMILES string of the molecule is CCCCC(C1CC1)C(CCC1CCCC(C2=CC3CCCCC3C3C(N)=C(C4CCCCC4)CCC23)C1)CC(N)C1CCCCC1. The Morgan fingerprint density at radius 2 is 1.45 bits per heavy atom. The summed E-state index contributed by atoms with van der Waals surface area (Å²) >= 11 is 0. The predicted molar refractivity (Wildman–Crippen MR) is 201 cm³/mol. The van der Waals surface area contributed by atoms with Crippen molar-refractivity contribution in [2.24, 2.45) is 76.6 Å². The van der Waals surface area contributed by atoms with Crippen LogP contribution in [0.1, 0.15) is 187 Å². The number of nitrogens with two attached hydrogens (primary N) is 2. The van der Waals surface area contributed by atoms with Gasteiger partial charge < -0.3 is 11.5 Å². The molecule has 0 aromatic carbocycles. The Morgan fingerprint density at radius 3 is 2.21 bits per heavy atom. The molecule has 7 aliphatic carbocycles. The third kappa shape index (κ3) is 8.25. The highest BCUT2D eigenvalue weighted by atomic mass is 14.7. The minimum Gasteiger partial charge on any atom is -0.402 e. The van der Waals surface area contributed by atoms with Gasteiger partial charge in [-0.25, -0.2) is 0 Å². The van der Waals surface area contributed by atoms with Gasteiger partial charge in [-0.15, -0.1) is 0 Å². The quantitative estimate of drug-likeness (QED) is 0.196. The zero-order valence-corrected chi connectivity index (χ0v) is 31.0. The molecule has 0 heterocycles. The molecule has 9 unspecified atom stereocenters. The number of rotatable bonds is 13. The van der Waals surface area contributed by atoms with E-state index in [9.17, 15) is 0 Å². The molecule has 5 fully saturated rings. The number of allylic oxidation sites excluding steroid dienone is 4. The second-order valence-corrected chi connectivity index (χ2v) is 18.8. The van der Waals surface area contributed by atoms with Crippen molar-refractivity contribution in [2.75, 3.05) is 0 Å². The van der Waals surface area contributed by atoms with Crippen LogP contribution in [0.15, 0.2) is 22.9 Å². The van der Waals surface area contributed by atoms with Gasteiger partial charge in [0.15, 0.2) is 0 Å². The average molecular weight is 645 g/mol. The van der Waals surface area contributed by atoms with Crippen molar-refractivity contribution in [1.29, 1.82) is 0 Å². The van der Waals surface area contributed by atoms with E-state index in [0.717, 1.165) is 59.2 Å². The molecule has 0 spiro atoms. The molecule has 0 aromatic rings. The highest BCUT2D eigenvalue weighted by Gasteiger charge is 2.47. The van der Waals surface area contributed by atoms with Crippen molar-refractivity contribution in [3.63, 3.8) is 0 Å². The summed E-state index contributed by atoms with van der Waals surface area (Å²) in [7, 11) is 0. The third-order valence-electron chi connectivity index (χ3n) is 15.9. The van der Waals surface area contributed by atoms with Crippen LogP contribution >= 0.6 is 0 Å². The Kier molecular flexibility index (Phi) is 12.2. The standard InChI is InChI=1S/C45H76N2/c1-2-3-20-38(33-24-25-33)37(30-43(46)34-16-8-5-9-17-34)23-22-31-13-12-19-35(28-31)42-29-36-18-10-11-21-39(36)44-41(42)27-26-40(45(44)47)32-14-6-4-7-15-32/h29,31-39,41,43-44H,2-28,30,46-47H2,1H3. The van der Waals surface area contributed by atoms with Crippen molar-refractivity contribution in [1.82, 2.24) is 0 Å². The van der Waals surface area contributed by atoms with Crippen LogP contribution in [0.25, 0.3) is 0 Å². The average Bonchev–Trinajstić information content (AvgIpc) is 3.97. The summed E-state index contributed by atoms with van der Waals surface area (Å²) in [5.41, 5.74) is 19.6. The highest BCUT2D eigenvalue weighted by Crippen LogP contribution is 2.56. The van der Waals surface area contributed by atoms with E-state index in [4.69, 9.17) is 11.5 Å². The van der Waals surface area contributed by atoms with E-state index in [1.165, 1.54) is 185 Å². The lowest BCUT2D eigenvalue weighted by Gasteiger charge is -2.51. The molecule has 0 bridgehead atoms.